The van der Waals surface area contributed by atoms with E-state index in [9.17, 15) is 9.90 Å². The molecule has 0 saturated carbocycles. The molecule has 6 heteroatoms. The van der Waals surface area contributed by atoms with E-state index in [2.05, 4.69) is 0 Å². The minimum absolute atomic E-state index is 0. The molecule has 2 radical (unpaired) electrons. The van der Waals surface area contributed by atoms with Gasteiger partial charge in [-0.05, 0) is 12.5 Å². The molecular formula is C9H8Cu2O4+2. The van der Waals surface area contributed by atoms with Crippen molar-refractivity contribution in [1.29, 1.82) is 0 Å². The van der Waals surface area contributed by atoms with Crippen LogP contribution >= 0.6 is 0 Å². The molecule has 0 aliphatic rings. The Morgan fingerprint density at radius 3 is 1.53 bits per heavy atom. The Hall–Kier alpha value is -0.801. The third kappa shape index (κ3) is 13.2. The summed E-state index contributed by atoms with van der Waals surface area (Å²) in [6.45, 7) is 0.972. The Kier molecular flexibility index (Phi) is 14.8. The number of benzene rings is 1. The zero-order chi connectivity index (χ0) is 10.3. The summed E-state index contributed by atoms with van der Waals surface area (Å²) in [5.74, 6) is -2.21. The summed E-state index contributed by atoms with van der Waals surface area (Å²) in [7, 11) is 0. The van der Waals surface area contributed by atoms with Crippen molar-refractivity contribution < 1.29 is 53.9 Å². The van der Waals surface area contributed by atoms with Crippen LogP contribution in [0.3, 0.4) is 0 Å². The number of aliphatic carboxylic acids is 1. The Morgan fingerprint density at radius 1 is 1.00 bits per heavy atom. The first kappa shape index (κ1) is 19.7. The molecule has 0 atom stereocenters. The van der Waals surface area contributed by atoms with Gasteiger partial charge in [-0.2, -0.15) is 0 Å². The topological polar surface area (TPSA) is 80.3 Å². The molecule has 0 saturated heterocycles. The number of aromatic carboxylic acids is 1. The van der Waals surface area contributed by atoms with Gasteiger partial charge in [0.2, 0.25) is 0 Å². The molecule has 0 N–H and O–H groups in total. The molecule has 0 bridgehead atoms. The zero-order valence-electron chi connectivity index (χ0n) is 7.62. The van der Waals surface area contributed by atoms with E-state index in [1.165, 1.54) is 12.1 Å². The molecule has 1 aromatic rings. The molecule has 0 aliphatic carbocycles. The monoisotopic (exact) mass is 306 g/mol. The summed E-state index contributed by atoms with van der Waals surface area (Å²) in [5, 5.41) is 19.0. The van der Waals surface area contributed by atoms with Crippen molar-refractivity contribution in [1.82, 2.24) is 0 Å². The number of carboxylic acids is 2. The van der Waals surface area contributed by atoms with E-state index in [0.717, 1.165) is 6.92 Å². The molecule has 1 aromatic carbocycles. The van der Waals surface area contributed by atoms with Crippen LogP contribution in [-0.2, 0) is 38.9 Å². The van der Waals surface area contributed by atoms with Gasteiger partial charge in [0.05, 0.1) is 5.97 Å². The molecule has 0 aliphatic heterocycles. The van der Waals surface area contributed by atoms with Gasteiger partial charge in [0.15, 0.2) is 0 Å². The number of carbonyl (C=O) groups excluding carboxylic acids is 2. The van der Waals surface area contributed by atoms with E-state index in [-0.39, 0.29) is 39.7 Å². The standard InChI is InChI=1S/C7H6O2.C2H4O2.2Cu/c8-7(9)6-4-2-1-3-5-6;1-2(3)4;;/h1-5H,(H,8,9);1H3,(H,3,4);;/q;;2*+2/p-2. The third-order valence-corrected chi connectivity index (χ3v) is 1.01. The van der Waals surface area contributed by atoms with E-state index in [1.54, 1.807) is 18.2 Å². The van der Waals surface area contributed by atoms with Crippen molar-refractivity contribution in [3.8, 4) is 0 Å². The molecule has 88 valence electrons. The van der Waals surface area contributed by atoms with Gasteiger partial charge in [-0.1, -0.05) is 30.3 Å². The van der Waals surface area contributed by atoms with Crippen molar-refractivity contribution in [2.45, 2.75) is 6.92 Å². The van der Waals surface area contributed by atoms with Gasteiger partial charge in [-0.3, -0.25) is 0 Å². The Bertz CT molecular complexity index is 283. The van der Waals surface area contributed by atoms with Crippen LogP contribution in [0.25, 0.3) is 0 Å². The maximum Gasteiger partial charge on any atom is 2.00 e. The molecule has 0 aromatic heterocycles. The van der Waals surface area contributed by atoms with Crippen LogP contribution in [0.5, 0.6) is 0 Å². The average molecular weight is 307 g/mol. The zero-order valence-corrected chi connectivity index (χ0v) is 9.51. The number of hydrogen-bond acceptors (Lipinski definition) is 4. The first-order valence-electron chi connectivity index (χ1n) is 3.48. The van der Waals surface area contributed by atoms with Gasteiger partial charge < -0.3 is 19.8 Å². The molecule has 0 spiro atoms. The molecule has 0 amide bonds. The normalized spacial score (nSPS) is 7.00. The van der Waals surface area contributed by atoms with Crippen LogP contribution in [0.2, 0.25) is 0 Å². The van der Waals surface area contributed by atoms with E-state index in [0.29, 0.717) is 0 Å². The number of hydrogen-bond donors (Lipinski definition) is 0. The molecule has 0 fully saturated rings. The minimum Gasteiger partial charge on any atom is -0.550 e. The van der Waals surface area contributed by atoms with Crippen LogP contribution in [0.1, 0.15) is 17.3 Å². The first-order chi connectivity index (χ1) is 6.04. The summed E-state index contributed by atoms with van der Waals surface area (Å²) in [6, 6.07) is 8.06. The maximum atomic E-state index is 10.1. The smallest absolute Gasteiger partial charge is 0.550 e. The molecule has 0 heterocycles. The second kappa shape index (κ2) is 11.3. The maximum absolute atomic E-state index is 10.1. The van der Waals surface area contributed by atoms with E-state index >= 15 is 0 Å². The van der Waals surface area contributed by atoms with Crippen molar-refractivity contribution in [2.75, 3.05) is 0 Å². The van der Waals surface area contributed by atoms with Gasteiger partial charge in [0, 0.05) is 5.97 Å². The van der Waals surface area contributed by atoms with Crippen LogP contribution in [0.15, 0.2) is 30.3 Å². The fourth-order valence-corrected chi connectivity index (χ4v) is 0.574. The molecule has 1 rings (SSSR count). The summed E-state index contributed by atoms with van der Waals surface area (Å²) in [5.41, 5.74) is 0.220. The van der Waals surface area contributed by atoms with Crippen LogP contribution in [0.4, 0.5) is 0 Å². The largest absolute Gasteiger partial charge is 2.00 e. The predicted molar refractivity (Wildman–Crippen MR) is 41.5 cm³/mol. The number of carbonyl (C=O) groups is 2. The summed E-state index contributed by atoms with van der Waals surface area (Å²) in [6.07, 6.45) is 0. The van der Waals surface area contributed by atoms with Gasteiger partial charge in [0.1, 0.15) is 0 Å². The number of carboxylic acid groups (broad SMARTS) is 2. The first-order valence-corrected chi connectivity index (χ1v) is 3.48. The SMILES string of the molecule is CC(=O)[O-].O=C([O-])c1ccccc1.[Cu+2].[Cu+2]. The van der Waals surface area contributed by atoms with Crippen molar-refractivity contribution in [2.24, 2.45) is 0 Å². The van der Waals surface area contributed by atoms with E-state index < -0.39 is 11.9 Å². The molecule has 0 unspecified atom stereocenters. The van der Waals surface area contributed by atoms with Gasteiger partial charge in [-0.25, -0.2) is 0 Å². The van der Waals surface area contributed by atoms with Crippen molar-refractivity contribution >= 4 is 11.9 Å². The Labute approximate surface area is 109 Å². The quantitative estimate of drug-likeness (QED) is 0.611. The van der Waals surface area contributed by atoms with Crippen molar-refractivity contribution in [3.05, 3.63) is 35.9 Å². The minimum atomic E-state index is -1.13. The van der Waals surface area contributed by atoms with Crippen LogP contribution < -0.4 is 10.2 Å². The average Bonchev–Trinajstić information content (AvgIpc) is 2.05. The molecule has 4 nitrogen and oxygen atoms in total. The third-order valence-electron chi connectivity index (χ3n) is 1.01. The predicted octanol–water partition coefficient (Wildman–Crippen LogP) is -1.20. The van der Waals surface area contributed by atoms with E-state index in [1.807, 2.05) is 0 Å². The van der Waals surface area contributed by atoms with Crippen molar-refractivity contribution in [3.63, 3.8) is 0 Å². The molecule has 15 heavy (non-hydrogen) atoms. The van der Waals surface area contributed by atoms with Gasteiger partial charge in [0.25, 0.3) is 0 Å². The Morgan fingerprint density at radius 2 is 1.33 bits per heavy atom. The summed E-state index contributed by atoms with van der Waals surface area (Å²) in [4.78, 5) is 19.0. The van der Waals surface area contributed by atoms with Crippen LogP contribution in [-0.4, -0.2) is 11.9 Å². The summed E-state index contributed by atoms with van der Waals surface area (Å²) < 4.78 is 0. The summed E-state index contributed by atoms with van der Waals surface area (Å²) >= 11 is 0. The Balaban J connectivity index is -0.000000213. The molecular weight excluding hydrogens is 299 g/mol. The van der Waals surface area contributed by atoms with E-state index in [4.69, 9.17) is 9.90 Å². The number of rotatable bonds is 1. The van der Waals surface area contributed by atoms with Gasteiger partial charge in [-0.15, -0.1) is 0 Å². The van der Waals surface area contributed by atoms with Gasteiger partial charge >= 0.3 is 34.1 Å². The fourth-order valence-electron chi connectivity index (χ4n) is 0.574. The van der Waals surface area contributed by atoms with Crippen LogP contribution in [0, 0.1) is 0 Å². The fraction of sp³-hybridized carbons (Fsp3) is 0.111. The second-order valence-corrected chi connectivity index (χ2v) is 2.15. The second-order valence-electron chi connectivity index (χ2n) is 2.15.